The molecule has 1 N–H and O–H groups in total. The molecule has 84 valence electrons. The SMILES string of the molecule is CCC1(c2ccccc2)CNCCO1.Cl. The Balaban J connectivity index is 0.00000112. The number of rotatable bonds is 2. The van der Waals surface area contributed by atoms with Crippen LogP contribution in [0.4, 0.5) is 0 Å². The van der Waals surface area contributed by atoms with E-state index in [9.17, 15) is 0 Å². The second-order valence-corrected chi connectivity index (χ2v) is 3.74. The largest absolute Gasteiger partial charge is 0.368 e. The van der Waals surface area contributed by atoms with E-state index in [-0.39, 0.29) is 18.0 Å². The lowest BCUT2D eigenvalue weighted by atomic mass is 9.90. The standard InChI is InChI=1S/C12H17NO.ClH/c1-2-12(10-13-8-9-14-12)11-6-4-3-5-7-11;/h3-7,13H,2,8-10H2,1H3;1H. The van der Waals surface area contributed by atoms with Crippen molar-refractivity contribution < 1.29 is 4.74 Å². The quantitative estimate of drug-likeness (QED) is 0.838. The molecule has 15 heavy (non-hydrogen) atoms. The van der Waals surface area contributed by atoms with Crippen LogP contribution in [0.3, 0.4) is 0 Å². The molecule has 1 saturated heterocycles. The van der Waals surface area contributed by atoms with Gasteiger partial charge in [-0.05, 0) is 12.0 Å². The summed E-state index contributed by atoms with van der Waals surface area (Å²) in [6, 6.07) is 10.5. The smallest absolute Gasteiger partial charge is 0.105 e. The number of hydrogen-bond donors (Lipinski definition) is 1. The molecule has 0 bridgehead atoms. The number of morpholine rings is 1. The normalized spacial score (nSPS) is 25.7. The predicted molar refractivity (Wildman–Crippen MR) is 64.5 cm³/mol. The molecular formula is C12H18ClNO. The highest BCUT2D eigenvalue weighted by molar-refractivity contribution is 5.85. The van der Waals surface area contributed by atoms with Crippen LogP contribution in [-0.4, -0.2) is 19.7 Å². The number of nitrogens with one attached hydrogen (secondary N) is 1. The maximum atomic E-state index is 5.94. The molecule has 1 unspecified atom stereocenters. The van der Waals surface area contributed by atoms with Crippen LogP contribution in [0, 0.1) is 0 Å². The molecule has 0 amide bonds. The summed E-state index contributed by atoms with van der Waals surface area (Å²) in [6.45, 7) is 4.88. The molecule has 1 aromatic rings. The zero-order chi connectivity index (χ0) is 9.86. The van der Waals surface area contributed by atoms with Crippen molar-refractivity contribution in [3.8, 4) is 0 Å². The molecule has 0 aliphatic carbocycles. The van der Waals surface area contributed by atoms with Crippen LogP contribution >= 0.6 is 12.4 Å². The van der Waals surface area contributed by atoms with Crippen molar-refractivity contribution in [1.82, 2.24) is 5.32 Å². The van der Waals surface area contributed by atoms with E-state index >= 15 is 0 Å². The van der Waals surface area contributed by atoms with E-state index in [2.05, 4.69) is 36.5 Å². The van der Waals surface area contributed by atoms with Gasteiger partial charge in [0.1, 0.15) is 5.60 Å². The molecule has 0 aromatic heterocycles. The second kappa shape index (κ2) is 5.50. The Bertz CT molecular complexity index is 283. The first-order chi connectivity index (χ1) is 6.87. The van der Waals surface area contributed by atoms with Gasteiger partial charge in [-0.25, -0.2) is 0 Å². The summed E-state index contributed by atoms with van der Waals surface area (Å²) in [5, 5.41) is 3.40. The van der Waals surface area contributed by atoms with E-state index in [1.165, 1.54) is 5.56 Å². The van der Waals surface area contributed by atoms with Gasteiger partial charge in [-0.1, -0.05) is 37.3 Å². The fourth-order valence-electron chi connectivity index (χ4n) is 2.02. The van der Waals surface area contributed by atoms with Gasteiger partial charge in [-0.3, -0.25) is 0 Å². The molecular weight excluding hydrogens is 210 g/mol. The number of halogens is 1. The molecule has 2 rings (SSSR count). The first kappa shape index (κ1) is 12.5. The van der Waals surface area contributed by atoms with Gasteiger partial charge in [-0.2, -0.15) is 0 Å². The third-order valence-electron chi connectivity index (χ3n) is 2.94. The number of hydrogen-bond acceptors (Lipinski definition) is 2. The molecule has 1 aromatic carbocycles. The van der Waals surface area contributed by atoms with E-state index < -0.39 is 0 Å². The number of benzene rings is 1. The molecule has 1 fully saturated rings. The van der Waals surface area contributed by atoms with E-state index in [0.717, 1.165) is 26.1 Å². The van der Waals surface area contributed by atoms with Crippen LogP contribution in [0.2, 0.25) is 0 Å². The summed E-state index contributed by atoms with van der Waals surface area (Å²) in [5.74, 6) is 0. The first-order valence-corrected chi connectivity index (χ1v) is 5.27. The first-order valence-electron chi connectivity index (χ1n) is 5.27. The van der Waals surface area contributed by atoms with E-state index in [4.69, 9.17) is 4.74 Å². The van der Waals surface area contributed by atoms with Crippen molar-refractivity contribution in [1.29, 1.82) is 0 Å². The summed E-state index contributed by atoms with van der Waals surface area (Å²) in [6.07, 6.45) is 1.02. The molecule has 1 aliphatic rings. The monoisotopic (exact) mass is 227 g/mol. The Hall–Kier alpha value is -0.570. The summed E-state index contributed by atoms with van der Waals surface area (Å²) in [4.78, 5) is 0. The Kier molecular flexibility index (Phi) is 4.58. The fraction of sp³-hybridized carbons (Fsp3) is 0.500. The lowest BCUT2D eigenvalue weighted by Gasteiger charge is -2.37. The average Bonchev–Trinajstić information content (AvgIpc) is 2.31. The minimum atomic E-state index is -0.0977. The summed E-state index contributed by atoms with van der Waals surface area (Å²) < 4.78 is 5.94. The van der Waals surface area contributed by atoms with Crippen molar-refractivity contribution in [2.24, 2.45) is 0 Å². The Labute approximate surface area is 97.4 Å². The molecule has 1 heterocycles. The molecule has 1 atom stereocenters. The van der Waals surface area contributed by atoms with Gasteiger partial charge in [-0.15, -0.1) is 12.4 Å². The maximum absolute atomic E-state index is 5.94. The highest BCUT2D eigenvalue weighted by Crippen LogP contribution is 2.30. The number of ether oxygens (including phenoxy) is 1. The molecule has 3 heteroatoms. The fourth-order valence-corrected chi connectivity index (χ4v) is 2.02. The predicted octanol–water partition coefficient (Wildman–Crippen LogP) is 2.33. The van der Waals surface area contributed by atoms with Crippen molar-refractivity contribution in [2.45, 2.75) is 18.9 Å². The van der Waals surface area contributed by atoms with Crippen molar-refractivity contribution in [2.75, 3.05) is 19.7 Å². The summed E-state index contributed by atoms with van der Waals surface area (Å²) >= 11 is 0. The minimum Gasteiger partial charge on any atom is -0.368 e. The van der Waals surface area contributed by atoms with Crippen LogP contribution in [0.15, 0.2) is 30.3 Å². The van der Waals surface area contributed by atoms with Crippen LogP contribution in [0.5, 0.6) is 0 Å². The lowest BCUT2D eigenvalue weighted by Crippen LogP contribution is -2.47. The van der Waals surface area contributed by atoms with Crippen molar-refractivity contribution >= 4 is 12.4 Å². The van der Waals surface area contributed by atoms with Gasteiger partial charge in [0.05, 0.1) is 6.61 Å². The maximum Gasteiger partial charge on any atom is 0.105 e. The summed E-state index contributed by atoms with van der Waals surface area (Å²) in [5.41, 5.74) is 1.19. The topological polar surface area (TPSA) is 21.3 Å². The van der Waals surface area contributed by atoms with Crippen molar-refractivity contribution in [3.05, 3.63) is 35.9 Å². The van der Waals surface area contributed by atoms with Gasteiger partial charge in [0.25, 0.3) is 0 Å². The van der Waals surface area contributed by atoms with E-state index in [1.54, 1.807) is 0 Å². The van der Waals surface area contributed by atoms with Crippen LogP contribution in [-0.2, 0) is 10.3 Å². The molecule has 0 radical (unpaired) electrons. The van der Waals surface area contributed by atoms with Gasteiger partial charge in [0, 0.05) is 13.1 Å². The van der Waals surface area contributed by atoms with Gasteiger partial charge in [0.15, 0.2) is 0 Å². The Morgan fingerprint density at radius 3 is 2.60 bits per heavy atom. The van der Waals surface area contributed by atoms with E-state index in [0.29, 0.717) is 0 Å². The molecule has 2 nitrogen and oxygen atoms in total. The molecule has 0 saturated carbocycles. The van der Waals surface area contributed by atoms with Crippen LogP contribution in [0.25, 0.3) is 0 Å². The third kappa shape index (κ3) is 2.51. The van der Waals surface area contributed by atoms with Gasteiger partial charge in [0.2, 0.25) is 0 Å². The van der Waals surface area contributed by atoms with Gasteiger partial charge >= 0.3 is 0 Å². The zero-order valence-electron chi connectivity index (χ0n) is 9.03. The highest BCUT2D eigenvalue weighted by atomic mass is 35.5. The minimum absolute atomic E-state index is 0. The van der Waals surface area contributed by atoms with Gasteiger partial charge < -0.3 is 10.1 Å². The molecule has 1 aliphatic heterocycles. The van der Waals surface area contributed by atoms with Crippen molar-refractivity contribution in [3.63, 3.8) is 0 Å². The summed E-state index contributed by atoms with van der Waals surface area (Å²) in [7, 11) is 0. The Morgan fingerprint density at radius 2 is 2.07 bits per heavy atom. The Morgan fingerprint density at radius 1 is 1.33 bits per heavy atom. The third-order valence-corrected chi connectivity index (χ3v) is 2.94. The molecule has 0 spiro atoms. The van der Waals surface area contributed by atoms with Crippen LogP contribution in [0.1, 0.15) is 18.9 Å². The zero-order valence-corrected chi connectivity index (χ0v) is 9.85. The van der Waals surface area contributed by atoms with E-state index in [1.807, 2.05) is 6.07 Å². The second-order valence-electron chi connectivity index (χ2n) is 3.74. The average molecular weight is 228 g/mol. The highest BCUT2D eigenvalue weighted by Gasteiger charge is 2.32. The lowest BCUT2D eigenvalue weighted by molar-refractivity contribution is -0.0737. The van der Waals surface area contributed by atoms with Crippen LogP contribution < -0.4 is 5.32 Å².